The largest absolute Gasteiger partial charge is 0.325 e. The molecule has 0 unspecified atom stereocenters. The van der Waals surface area contributed by atoms with E-state index in [2.05, 4.69) is 25.2 Å². The quantitative estimate of drug-likeness (QED) is 0.285. The fourth-order valence-electron chi connectivity index (χ4n) is 3.57. The van der Waals surface area contributed by atoms with Crippen LogP contribution in [-0.4, -0.2) is 21.2 Å². The zero-order chi connectivity index (χ0) is 22.8. The lowest BCUT2D eigenvalue weighted by molar-refractivity contribution is -0.113. The number of benzene rings is 2. The van der Waals surface area contributed by atoms with Gasteiger partial charge in [-0.05, 0) is 72.2 Å². The number of aryl methyl sites for hydroxylation is 2. The van der Waals surface area contributed by atoms with Crippen LogP contribution >= 0.6 is 23.1 Å². The molecule has 0 saturated carbocycles. The Morgan fingerprint density at radius 1 is 1.09 bits per heavy atom. The molecule has 0 bridgehead atoms. The zero-order valence-electron chi connectivity index (χ0n) is 18.5. The van der Waals surface area contributed by atoms with Crippen molar-refractivity contribution in [3.05, 3.63) is 81.0 Å². The average molecular weight is 464 g/mol. The fourth-order valence-corrected chi connectivity index (χ4v) is 5.15. The summed E-state index contributed by atoms with van der Waals surface area (Å²) in [6.07, 6.45) is 0. The van der Waals surface area contributed by atoms with Gasteiger partial charge in [-0.15, -0.1) is 11.3 Å². The van der Waals surface area contributed by atoms with E-state index in [1.54, 1.807) is 4.57 Å². The number of amides is 1. The number of fused-ring (bicyclic) bond motifs is 1. The van der Waals surface area contributed by atoms with Crippen LogP contribution in [0.15, 0.2) is 63.9 Å². The molecule has 1 amide bonds. The number of nitrogens with one attached hydrogen (secondary N) is 1. The van der Waals surface area contributed by atoms with Gasteiger partial charge in [0.05, 0.1) is 17.0 Å². The Morgan fingerprint density at radius 2 is 1.78 bits per heavy atom. The van der Waals surface area contributed by atoms with E-state index in [1.165, 1.54) is 28.7 Å². The molecule has 5 nitrogen and oxygen atoms in total. The second-order valence-electron chi connectivity index (χ2n) is 8.13. The van der Waals surface area contributed by atoms with Crippen LogP contribution in [0.25, 0.3) is 15.9 Å². The first-order chi connectivity index (χ1) is 15.3. The highest BCUT2D eigenvalue weighted by Gasteiger charge is 2.16. The lowest BCUT2D eigenvalue weighted by Crippen LogP contribution is -2.22. The molecule has 0 aliphatic heterocycles. The molecule has 2 aromatic heterocycles. The van der Waals surface area contributed by atoms with Crippen LogP contribution in [0, 0.1) is 13.8 Å². The normalized spacial score (nSPS) is 11.3. The molecule has 7 heteroatoms. The molecule has 4 aromatic rings. The van der Waals surface area contributed by atoms with Crippen LogP contribution in [0.5, 0.6) is 0 Å². The Balaban J connectivity index is 1.61. The van der Waals surface area contributed by atoms with Crippen molar-refractivity contribution < 1.29 is 4.79 Å². The van der Waals surface area contributed by atoms with Crippen LogP contribution in [0.2, 0.25) is 0 Å². The standard InChI is InChI=1S/C25H25N3O2S2/c1-15(2)18-5-7-19(8-6-18)26-22(29)14-32-25-27-21-9-10-31-23(21)24(30)28(25)20-12-16(3)11-17(4)13-20/h5-13,15H,14H2,1-4H3,(H,26,29). The monoisotopic (exact) mass is 463 g/mol. The van der Waals surface area contributed by atoms with Crippen LogP contribution in [0.3, 0.4) is 0 Å². The number of nitrogens with zero attached hydrogens (tertiary/aromatic N) is 2. The number of hydrogen-bond acceptors (Lipinski definition) is 5. The molecule has 2 aromatic carbocycles. The molecule has 32 heavy (non-hydrogen) atoms. The van der Waals surface area contributed by atoms with E-state index in [1.807, 2.05) is 61.7 Å². The van der Waals surface area contributed by atoms with E-state index in [4.69, 9.17) is 4.98 Å². The molecule has 0 aliphatic carbocycles. The van der Waals surface area contributed by atoms with E-state index in [0.29, 0.717) is 21.3 Å². The maximum absolute atomic E-state index is 13.3. The van der Waals surface area contributed by atoms with Gasteiger partial charge in [-0.1, -0.05) is 43.8 Å². The molecule has 0 saturated heterocycles. The summed E-state index contributed by atoms with van der Waals surface area (Å²) in [5.74, 6) is 0.452. The first-order valence-corrected chi connectivity index (χ1v) is 12.3. The molecule has 0 atom stereocenters. The number of carbonyl (C=O) groups is 1. The molecule has 0 spiro atoms. The third-order valence-corrected chi connectivity index (χ3v) is 6.94. The van der Waals surface area contributed by atoms with Crippen LogP contribution in [0.4, 0.5) is 5.69 Å². The number of hydrogen-bond donors (Lipinski definition) is 1. The molecular weight excluding hydrogens is 438 g/mol. The SMILES string of the molecule is Cc1cc(C)cc(-n2c(SCC(=O)Nc3ccc(C(C)C)cc3)nc3ccsc3c2=O)c1. The first kappa shape index (κ1) is 22.3. The second-order valence-corrected chi connectivity index (χ2v) is 9.99. The Kier molecular flexibility index (Phi) is 6.48. The molecular formula is C25H25N3O2S2. The van der Waals surface area contributed by atoms with Gasteiger partial charge in [0.25, 0.3) is 5.56 Å². The fraction of sp³-hybridized carbons (Fsp3) is 0.240. The van der Waals surface area contributed by atoms with Gasteiger partial charge in [0, 0.05) is 5.69 Å². The summed E-state index contributed by atoms with van der Waals surface area (Å²) in [6, 6.07) is 15.7. The molecule has 1 N–H and O–H groups in total. The Hall–Kier alpha value is -2.90. The Labute approximate surface area is 195 Å². The van der Waals surface area contributed by atoms with Crippen molar-refractivity contribution >= 4 is 44.9 Å². The average Bonchev–Trinajstić information content (AvgIpc) is 3.21. The van der Waals surface area contributed by atoms with Crippen LogP contribution in [-0.2, 0) is 4.79 Å². The molecule has 0 radical (unpaired) electrons. The van der Waals surface area contributed by atoms with Crippen molar-refractivity contribution in [3.63, 3.8) is 0 Å². The van der Waals surface area contributed by atoms with Crippen molar-refractivity contribution in [3.8, 4) is 5.69 Å². The minimum Gasteiger partial charge on any atom is -0.325 e. The number of carbonyl (C=O) groups excluding carboxylic acids is 1. The lowest BCUT2D eigenvalue weighted by Gasteiger charge is -2.13. The van der Waals surface area contributed by atoms with Gasteiger partial charge >= 0.3 is 0 Å². The summed E-state index contributed by atoms with van der Waals surface area (Å²) in [4.78, 5) is 30.6. The number of rotatable bonds is 6. The summed E-state index contributed by atoms with van der Waals surface area (Å²) in [5.41, 5.74) is 5.43. The number of anilines is 1. The Bertz CT molecular complexity index is 1320. The van der Waals surface area contributed by atoms with Crippen LogP contribution < -0.4 is 10.9 Å². The van der Waals surface area contributed by atoms with Crippen molar-refractivity contribution in [2.24, 2.45) is 0 Å². The summed E-state index contributed by atoms with van der Waals surface area (Å²) in [5, 5.41) is 5.31. The topological polar surface area (TPSA) is 64.0 Å². The van der Waals surface area contributed by atoms with E-state index >= 15 is 0 Å². The maximum atomic E-state index is 13.3. The molecule has 2 heterocycles. The highest BCUT2D eigenvalue weighted by molar-refractivity contribution is 7.99. The van der Waals surface area contributed by atoms with Gasteiger partial charge in [0.15, 0.2) is 5.16 Å². The minimum absolute atomic E-state index is 0.109. The van der Waals surface area contributed by atoms with Crippen molar-refractivity contribution in [1.29, 1.82) is 0 Å². The van der Waals surface area contributed by atoms with Gasteiger partial charge in [0.1, 0.15) is 4.70 Å². The predicted molar refractivity (Wildman–Crippen MR) is 135 cm³/mol. The predicted octanol–water partition coefficient (Wildman–Crippen LogP) is 5.92. The van der Waals surface area contributed by atoms with Gasteiger partial charge in [-0.3, -0.25) is 14.2 Å². The third-order valence-electron chi connectivity index (χ3n) is 5.11. The van der Waals surface area contributed by atoms with Crippen molar-refractivity contribution in [1.82, 2.24) is 9.55 Å². The van der Waals surface area contributed by atoms with Gasteiger partial charge in [0.2, 0.25) is 5.91 Å². The molecule has 0 fully saturated rings. The van der Waals surface area contributed by atoms with E-state index in [-0.39, 0.29) is 17.2 Å². The molecule has 164 valence electrons. The van der Waals surface area contributed by atoms with E-state index in [0.717, 1.165) is 22.5 Å². The van der Waals surface area contributed by atoms with Crippen molar-refractivity contribution in [2.45, 2.75) is 38.8 Å². The lowest BCUT2D eigenvalue weighted by atomic mass is 10.0. The van der Waals surface area contributed by atoms with E-state index < -0.39 is 0 Å². The zero-order valence-corrected chi connectivity index (χ0v) is 20.1. The summed E-state index contributed by atoms with van der Waals surface area (Å²) in [7, 11) is 0. The highest BCUT2D eigenvalue weighted by Crippen LogP contribution is 2.25. The van der Waals surface area contributed by atoms with E-state index in [9.17, 15) is 9.59 Å². The maximum Gasteiger partial charge on any atom is 0.276 e. The molecule has 4 rings (SSSR count). The number of thiophene rings is 1. The number of thioether (sulfide) groups is 1. The summed E-state index contributed by atoms with van der Waals surface area (Å²) in [6.45, 7) is 8.28. The third kappa shape index (κ3) is 4.79. The summed E-state index contributed by atoms with van der Waals surface area (Å²) < 4.78 is 2.23. The first-order valence-electron chi connectivity index (χ1n) is 10.4. The number of aromatic nitrogens is 2. The van der Waals surface area contributed by atoms with Gasteiger partial charge in [-0.25, -0.2) is 4.98 Å². The van der Waals surface area contributed by atoms with Crippen LogP contribution in [0.1, 0.15) is 36.5 Å². The van der Waals surface area contributed by atoms with Gasteiger partial charge < -0.3 is 5.32 Å². The Morgan fingerprint density at radius 3 is 2.44 bits per heavy atom. The smallest absolute Gasteiger partial charge is 0.276 e. The minimum atomic E-state index is -0.140. The highest BCUT2D eigenvalue weighted by atomic mass is 32.2. The molecule has 0 aliphatic rings. The second kappa shape index (κ2) is 9.30. The van der Waals surface area contributed by atoms with Crippen molar-refractivity contribution in [2.75, 3.05) is 11.1 Å². The summed E-state index contributed by atoms with van der Waals surface area (Å²) >= 11 is 2.65. The van der Waals surface area contributed by atoms with Gasteiger partial charge in [-0.2, -0.15) is 0 Å².